The van der Waals surface area contributed by atoms with E-state index in [0.717, 1.165) is 0 Å². The van der Waals surface area contributed by atoms with E-state index in [1.807, 2.05) is 0 Å². The number of halogens is 3. The van der Waals surface area contributed by atoms with Crippen molar-refractivity contribution >= 4 is 10.0 Å². The minimum Gasteiger partial charge on any atom is -0.330 e. The zero-order chi connectivity index (χ0) is 13.6. The predicted octanol–water partition coefficient (Wildman–Crippen LogP) is 1.08. The normalized spacial score (nSPS) is 26.2. The molecule has 0 spiro atoms. The number of nitrogens with zero attached hydrogens (tertiary/aromatic N) is 1. The largest absolute Gasteiger partial charge is 0.395 e. The van der Waals surface area contributed by atoms with E-state index >= 15 is 0 Å². The molecular formula is C10H17F3N2O2S. The highest BCUT2D eigenvalue weighted by molar-refractivity contribution is 7.90. The van der Waals surface area contributed by atoms with E-state index in [4.69, 9.17) is 5.73 Å². The quantitative estimate of drug-likeness (QED) is 0.844. The van der Waals surface area contributed by atoms with Gasteiger partial charge in [-0.1, -0.05) is 0 Å². The van der Waals surface area contributed by atoms with Crippen LogP contribution < -0.4 is 5.73 Å². The van der Waals surface area contributed by atoms with Gasteiger partial charge in [0.1, 0.15) is 0 Å². The van der Waals surface area contributed by atoms with Gasteiger partial charge in [-0.25, -0.2) is 12.7 Å². The Bertz CT molecular complexity index is 409. The molecule has 106 valence electrons. The van der Waals surface area contributed by atoms with Crippen molar-refractivity contribution in [1.82, 2.24) is 4.31 Å². The van der Waals surface area contributed by atoms with Crippen molar-refractivity contribution in [1.29, 1.82) is 0 Å². The van der Waals surface area contributed by atoms with Crippen LogP contribution in [0.1, 0.15) is 25.7 Å². The predicted molar refractivity (Wildman–Crippen MR) is 60.3 cm³/mol. The summed E-state index contributed by atoms with van der Waals surface area (Å²) < 4.78 is 63.8. The molecule has 18 heavy (non-hydrogen) atoms. The van der Waals surface area contributed by atoms with Crippen LogP contribution >= 0.6 is 0 Å². The second-order valence-electron chi connectivity index (χ2n) is 5.13. The summed E-state index contributed by atoms with van der Waals surface area (Å²) in [4.78, 5) is 0. The van der Waals surface area contributed by atoms with Crippen molar-refractivity contribution in [2.45, 2.75) is 37.1 Å². The highest BCUT2D eigenvalue weighted by Gasteiger charge is 2.56. The third kappa shape index (κ3) is 2.25. The van der Waals surface area contributed by atoms with Crippen LogP contribution in [-0.2, 0) is 10.0 Å². The van der Waals surface area contributed by atoms with Gasteiger partial charge < -0.3 is 5.73 Å². The lowest BCUT2D eigenvalue weighted by molar-refractivity contribution is -0.231. The van der Waals surface area contributed by atoms with Crippen molar-refractivity contribution in [3.63, 3.8) is 0 Å². The molecule has 1 aliphatic heterocycles. The Morgan fingerprint density at radius 3 is 2.06 bits per heavy atom. The van der Waals surface area contributed by atoms with E-state index in [0.29, 0.717) is 12.8 Å². The summed E-state index contributed by atoms with van der Waals surface area (Å²) in [7, 11) is -3.37. The molecule has 0 radical (unpaired) electrons. The number of alkyl halides is 3. The SMILES string of the molecule is NCC1(C(F)(F)F)CCN(S(=O)(=O)C2CC2)CC1. The summed E-state index contributed by atoms with van der Waals surface area (Å²) in [5.41, 5.74) is 3.35. The summed E-state index contributed by atoms with van der Waals surface area (Å²) in [5, 5.41) is -0.367. The summed E-state index contributed by atoms with van der Waals surface area (Å²) in [6.07, 6.45) is -3.59. The lowest BCUT2D eigenvalue weighted by atomic mass is 9.78. The van der Waals surface area contributed by atoms with Crippen LogP contribution in [0.4, 0.5) is 13.2 Å². The molecule has 0 aromatic carbocycles. The highest BCUT2D eigenvalue weighted by atomic mass is 32.2. The Morgan fingerprint density at radius 2 is 1.72 bits per heavy atom. The van der Waals surface area contributed by atoms with Gasteiger partial charge in [-0.15, -0.1) is 0 Å². The minimum atomic E-state index is -4.36. The molecule has 0 atom stereocenters. The van der Waals surface area contributed by atoms with E-state index in [1.165, 1.54) is 4.31 Å². The molecule has 1 aliphatic carbocycles. The van der Waals surface area contributed by atoms with E-state index in [9.17, 15) is 21.6 Å². The lowest BCUT2D eigenvalue weighted by Gasteiger charge is -2.41. The van der Waals surface area contributed by atoms with Crippen molar-refractivity contribution in [3.8, 4) is 0 Å². The first kappa shape index (κ1) is 14.1. The maximum absolute atomic E-state index is 12.9. The Labute approximate surface area is 104 Å². The zero-order valence-electron chi connectivity index (χ0n) is 9.91. The molecule has 8 heteroatoms. The highest BCUT2D eigenvalue weighted by Crippen LogP contribution is 2.46. The number of hydrogen-bond acceptors (Lipinski definition) is 3. The molecular weight excluding hydrogens is 269 g/mol. The molecule has 0 aromatic heterocycles. The summed E-state index contributed by atoms with van der Waals surface area (Å²) in [5.74, 6) is 0. The van der Waals surface area contributed by atoms with Gasteiger partial charge in [-0.3, -0.25) is 0 Å². The van der Waals surface area contributed by atoms with Crippen LogP contribution in [-0.4, -0.2) is 43.8 Å². The number of piperidine rings is 1. The van der Waals surface area contributed by atoms with E-state index < -0.39 is 28.2 Å². The maximum Gasteiger partial charge on any atom is 0.395 e. The molecule has 1 heterocycles. The van der Waals surface area contributed by atoms with Gasteiger partial charge in [0.15, 0.2) is 0 Å². The van der Waals surface area contributed by atoms with Gasteiger partial charge in [0.2, 0.25) is 10.0 Å². The molecule has 0 bridgehead atoms. The lowest BCUT2D eigenvalue weighted by Crippen LogP contribution is -2.53. The number of nitrogens with two attached hydrogens (primary N) is 1. The first-order valence-corrected chi connectivity index (χ1v) is 7.49. The Hall–Kier alpha value is -0.340. The van der Waals surface area contributed by atoms with Gasteiger partial charge in [0.05, 0.1) is 10.7 Å². The standard InChI is InChI=1S/C10H17F3N2O2S/c11-10(12,13)9(7-14)3-5-15(6-4-9)18(16,17)8-1-2-8/h8H,1-7,14H2. The Kier molecular flexibility index (Phi) is 3.40. The van der Waals surface area contributed by atoms with Gasteiger partial charge in [0, 0.05) is 19.6 Å². The zero-order valence-corrected chi connectivity index (χ0v) is 10.7. The fourth-order valence-electron chi connectivity index (χ4n) is 2.35. The van der Waals surface area contributed by atoms with E-state index in [1.54, 1.807) is 0 Å². The Balaban J connectivity index is 2.07. The third-order valence-corrected chi connectivity index (χ3v) is 6.38. The summed E-state index contributed by atoms with van der Waals surface area (Å²) in [6, 6.07) is 0. The maximum atomic E-state index is 12.9. The van der Waals surface area contributed by atoms with Crippen molar-refractivity contribution in [2.24, 2.45) is 11.1 Å². The molecule has 4 nitrogen and oxygen atoms in total. The molecule has 0 aromatic rings. The van der Waals surface area contributed by atoms with E-state index in [2.05, 4.69) is 0 Å². The first-order valence-electron chi connectivity index (χ1n) is 5.99. The van der Waals surface area contributed by atoms with Crippen LogP contribution in [0.2, 0.25) is 0 Å². The monoisotopic (exact) mass is 286 g/mol. The molecule has 2 aliphatic rings. The average molecular weight is 286 g/mol. The molecule has 1 saturated heterocycles. The number of sulfonamides is 1. The van der Waals surface area contributed by atoms with Crippen LogP contribution in [0.5, 0.6) is 0 Å². The minimum absolute atomic E-state index is 0.0739. The van der Waals surface area contributed by atoms with Crippen LogP contribution in [0.25, 0.3) is 0 Å². The topological polar surface area (TPSA) is 63.4 Å². The summed E-state index contributed by atoms with van der Waals surface area (Å²) >= 11 is 0. The van der Waals surface area contributed by atoms with Gasteiger partial charge >= 0.3 is 6.18 Å². The fourth-order valence-corrected chi connectivity index (χ4v) is 4.19. The number of hydrogen-bond donors (Lipinski definition) is 1. The van der Waals surface area contributed by atoms with Gasteiger partial charge in [0.25, 0.3) is 0 Å². The molecule has 0 unspecified atom stereocenters. The second kappa shape index (κ2) is 4.35. The third-order valence-electron chi connectivity index (χ3n) is 3.98. The van der Waals surface area contributed by atoms with Crippen molar-refractivity contribution < 1.29 is 21.6 Å². The molecule has 1 saturated carbocycles. The number of rotatable bonds is 3. The molecule has 2 N–H and O–H groups in total. The van der Waals surface area contributed by atoms with Crippen LogP contribution in [0, 0.1) is 5.41 Å². The van der Waals surface area contributed by atoms with Crippen molar-refractivity contribution in [3.05, 3.63) is 0 Å². The molecule has 0 amide bonds. The smallest absolute Gasteiger partial charge is 0.330 e. The van der Waals surface area contributed by atoms with Crippen LogP contribution in [0.15, 0.2) is 0 Å². The Morgan fingerprint density at radius 1 is 1.22 bits per heavy atom. The average Bonchev–Trinajstić information content (AvgIpc) is 3.11. The first-order chi connectivity index (χ1) is 8.23. The molecule has 2 rings (SSSR count). The van der Waals surface area contributed by atoms with Crippen molar-refractivity contribution in [2.75, 3.05) is 19.6 Å². The van der Waals surface area contributed by atoms with Crippen LogP contribution in [0.3, 0.4) is 0 Å². The van der Waals surface area contributed by atoms with Gasteiger partial charge in [-0.2, -0.15) is 13.2 Å². The molecule has 2 fully saturated rings. The second-order valence-corrected chi connectivity index (χ2v) is 7.34. The van der Waals surface area contributed by atoms with Gasteiger partial charge in [-0.05, 0) is 25.7 Å². The fraction of sp³-hybridized carbons (Fsp3) is 1.00. The summed E-state index contributed by atoms with van der Waals surface area (Å²) in [6.45, 7) is -0.626. The van der Waals surface area contributed by atoms with E-state index in [-0.39, 0.29) is 31.2 Å².